The largest absolute Gasteiger partial charge is 0.466 e. The van der Waals surface area contributed by atoms with Crippen LogP contribution in [0.3, 0.4) is 0 Å². The van der Waals surface area contributed by atoms with Crippen LogP contribution >= 0.6 is 0 Å². The van der Waals surface area contributed by atoms with Gasteiger partial charge in [-0.1, -0.05) is 418 Å². The molecule has 1 amide bonds. The van der Waals surface area contributed by atoms with Crippen LogP contribution < -0.4 is 5.32 Å². The molecule has 2 atom stereocenters. The molecule has 6 nitrogen and oxygen atoms in total. The summed E-state index contributed by atoms with van der Waals surface area (Å²) < 4.78 is 5.52. The van der Waals surface area contributed by atoms with Crippen LogP contribution in [-0.4, -0.2) is 47.4 Å². The third-order valence-electron chi connectivity index (χ3n) is 18.7. The van der Waals surface area contributed by atoms with Crippen molar-refractivity contribution in [3.63, 3.8) is 0 Å². The van der Waals surface area contributed by atoms with Gasteiger partial charge in [0.2, 0.25) is 5.91 Å². The molecule has 0 aromatic carbocycles. The molecule has 0 fully saturated rings. The van der Waals surface area contributed by atoms with Crippen LogP contribution in [-0.2, 0) is 14.3 Å². The molecule has 6 heteroatoms. The summed E-state index contributed by atoms with van der Waals surface area (Å²) in [4.78, 5) is 24.7. The smallest absolute Gasteiger partial charge is 0.305 e. The molecule has 0 aliphatic heterocycles. The van der Waals surface area contributed by atoms with Crippen molar-refractivity contribution >= 4 is 11.9 Å². The number of carbonyl (C=O) groups is 2. The lowest BCUT2D eigenvalue weighted by Crippen LogP contribution is -2.45. The summed E-state index contributed by atoms with van der Waals surface area (Å²) in [6.45, 7) is 5.02. The van der Waals surface area contributed by atoms with E-state index in [1.165, 1.54) is 385 Å². The van der Waals surface area contributed by atoms with Crippen molar-refractivity contribution in [2.75, 3.05) is 13.2 Å². The summed E-state index contributed by atoms with van der Waals surface area (Å²) in [6.07, 6.45) is 90.4. The van der Waals surface area contributed by atoms with Gasteiger partial charge in [0, 0.05) is 12.8 Å². The van der Waals surface area contributed by atoms with Crippen molar-refractivity contribution < 1.29 is 24.5 Å². The molecule has 0 radical (unpaired) electrons. The standard InChI is InChI=1S/C77H153NO5/c1-3-5-7-9-11-13-15-17-19-21-23-31-34-37-41-45-49-53-57-61-65-69-75(80)74(73-79)78-76(81)70-66-62-58-54-50-46-42-38-35-32-29-27-25-24-26-28-30-33-36-40-44-48-52-56-60-64-68-72-83-77(82)71-67-63-59-55-51-47-43-39-22-20-18-16-14-12-10-8-6-4-2/h74-75,79-80H,3-73H2,1-2H3,(H,78,81). The Morgan fingerprint density at radius 3 is 0.735 bits per heavy atom. The maximum atomic E-state index is 12.6. The van der Waals surface area contributed by atoms with Crippen LogP contribution in [0.25, 0.3) is 0 Å². The average molecular weight is 1170 g/mol. The first-order valence-electron chi connectivity index (χ1n) is 38.8. The number of hydrogen-bond acceptors (Lipinski definition) is 5. The highest BCUT2D eigenvalue weighted by atomic mass is 16.5. The summed E-state index contributed by atoms with van der Waals surface area (Å²) in [5.41, 5.74) is 0. The van der Waals surface area contributed by atoms with Gasteiger partial charge in [0.15, 0.2) is 0 Å². The molecule has 0 heterocycles. The van der Waals surface area contributed by atoms with Crippen LogP contribution in [0, 0.1) is 0 Å². The van der Waals surface area contributed by atoms with Crippen molar-refractivity contribution in [3.8, 4) is 0 Å². The van der Waals surface area contributed by atoms with Crippen LogP contribution in [0.5, 0.6) is 0 Å². The zero-order chi connectivity index (χ0) is 59.9. The number of rotatable bonds is 74. The van der Waals surface area contributed by atoms with Gasteiger partial charge >= 0.3 is 5.97 Å². The van der Waals surface area contributed by atoms with Gasteiger partial charge in [-0.3, -0.25) is 9.59 Å². The minimum absolute atomic E-state index is 0.0242. The lowest BCUT2D eigenvalue weighted by atomic mass is 10.0. The highest BCUT2D eigenvalue weighted by Crippen LogP contribution is 2.20. The van der Waals surface area contributed by atoms with Crippen molar-refractivity contribution in [3.05, 3.63) is 0 Å². The molecule has 2 unspecified atom stereocenters. The van der Waals surface area contributed by atoms with E-state index in [0.29, 0.717) is 25.9 Å². The molecule has 0 aliphatic rings. The first-order chi connectivity index (χ1) is 41.0. The van der Waals surface area contributed by atoms with E-state index in [2.05, 4.69) is 19.2 Å². The summed E-state index contributed by atoms with van der Waals surface area (Å²) in [6, 6.07) is -0.539. The number of esters is 1. The Hall–Kier alpha value is -1.14. The number of ether oxygens (including phenoxy) is 1. The number of aliphatic hydroxyl groups excluding tert-OH is 2. The fourth-order valence-electron chi connectivity index (χ4n) is 12.8. The average Bonchev–Trinajstić information content (AvgIpc) is 3.49. The minimum atomic E-state index is -0.662. The second kappa shape index (κ2) is 73.3. The Balaban J connectivity index is 3.33. The topological polar surface area (TPSA) is 95.9 Å². The van der Waals surface area contributed by atoms with Gasteiger partial charge in [-0.2, -0.15) is 0 Å². The van der Waals surface area contributed by atoms with Crippen LogP contribution in [0.2, 0.25) is 0 Å². The second-order valence-corrected chi connectivity index (χ2v) is 27.1. The van der Waals surface area contributed by atoms with E-state index in [4.69, 9.17) is 4.74 Å². The summed E-state index contributed by atoms with van der Waals surface area (Å²) >= 11 is 0. The van der Waals surface area contributed by atoms with E-state index < -0.39 is 12.1 Å². The number of amides is 1. The Morgan fingerprint density at radius 2 is 0.494 bits per heavy atom. The molecule has 0 aliphatic carbocycles. The summed E-state index contributed by atoms with van der Waals surface area (Å²) in [5, 5.41) is 23.4. The number of unbranched alkanes of at least 4 members (excludes halogenated alkanes) is 63. The van der Waals surface area contributed by atoms with Crippen molar-refractivity contribution in [2.24, 2.45) is 0 Å². The fourth-order valence-corrected chi connectivity index (χ4v) is 12.8. The Morgan fingerprint density at radius 1 is 0.289 bits per heavy atom. The van der Waals surface area contributed by atoms with E-state index in [-0.39, 0.29) is 18.5 Å². The molecular weight excluding hydrogens is 1020 g/mol. The van der Waals surface area contributed by atoms with E-state index in [9.17, 15) is 19.8 Å². The molecule has 0 rings (SSSR count). The van der Waals surface area contributed by atoms with E-state index in [0.717, 1.165) is 38.5 Å². The second-order valence-electron chi connectivity index (χ2n) is 27.1. The zero-order valence-corrected chi connectivity index (χ0v) is 57.0. The van der Waals surface area contributed by atoms with Crippen molar-refractivity contribution in [1.29, 1.82) is 0 Å². The van der Waals surface area contributed by atoms with Gasteiger partial charge in [-0.15, -0.1) is 0 Å². The molecule has 0 bridgehead atoms. The van der Waals surface area contributed by atoms with Gasteiger partial charge in [0.1, 0.15) is 0 Å². The molecule has 0 aromatic heterocycles. The Kier molecular flexibility index (Phi) is 72.3. The summed E-state index contributed by atoms with van der Waals surface area (Å²) in [5.74, 6) is -0.00207. The molecule has 0 spiro atoms. The van der Waals surface area contributed by atoms with Gasteiger partial charge in [-0.25, -0.2) is 0 Å². The quantitative estimate of drug-likeness (QED) is 0.0417. The van der Waals surface area contributed by atoms with E-state index in [1.807, 2.05) is 0 Å². The van der Waals surface area contributed by atoms with E-state index >= 15 is 0 Å². The zero-order valence-electron chi connectivity index (χ0n) is 57.0. The molecular formula is C77H153NO5. The maximum absolute atomic E-state index is 12.6. The first-order valence-corrected chi connectivity index (χ1v) is 38.8. The third kappa shape index (κ3) is 69.8. The van der Waals surface area contributed by atoms with Gasteiger partial charge in [0.05, 0.1) is 25.4 Å². The Bertz CT molecular complexity index is 1210. The van der Waals surface area contributed by atoms with Crippen LogP contribution in [0.15, 0.2) is 0 Å². The molecule has 496 valence electrons. The molecule has 3 N–H and O–H groups in total. The van der Waals surface area contributed by atoms with Gasteiger partial charge < -0.3 is 20.3 Å². The fraction of sp³-hybridized carbons (Fsp3) is 0.974. The monoisotopic (exact) mass is 1170 g/mol. The van der Waals surface area contributed by atoms with Crippen LogP contribution in [0.4, 0.5) is 0 Å². The maximum Gasteiger partial charge on any atom is 0.305 e. The molecule has 83 heavy (non-hydrogen) atoms. The predicted octanol–water partition coefficient (Wildman–Crippen LogP) is 25.3. The van der Waals surface area contributed by atoms with Crippen molar-refractivity contribution in [1.82, 2.24) is 5.32 Å². The predicted molar refractivity (Wildman–Crippen MR) is 366 cm³/mol. The minimum Gasteiger partial charge on any atom is -0.466 e. The molecule has 0 saturated carbocycles. The third-order valence-corrected chi connectivity index (χ3v) is 18.7. The summed E-state index contributed by atoms with van der Waals surface area (Å²) in [7, 11) is 0. The lowest BCUT2D eigenvalue weighted by molar-refractivity contribution is -0.143. The molecule has 0 aromatic rings. The normalized spacial score (nSPS) is 12.4. The van der Waals surface area contributed by atoms with Gasteiger partial charge in [-0.05, 0) is 25.7 Å². The highest BCUT2D eigenvalue weighted by Gasteiger charge is 2.20. The number of aliphatic hydroxyl groups is 2. The van der Waals surface area contributed by atoms with E-state index in [1.54, 1.807) is 0 Å². The SMILES string of the molecule is CCCCCCCCCCCCCCCCCCCCCCCC(O)C(CO)NC(=O)CCCCCCCCCCCCCCCCCCCCCCCCCCCCCOC(=O)CCCCCCCCCCCCCCCCCCCC. The number of nitrogens with one attached hydrogen (secondary N) is 1. The molecule has 0 saturated heterocycles. The number of hydrogen-bond donors (Lipinski definition) is 3. The van der Waals surface area contributed by atoms with Crippen LogP contribution in [0.1, 0.15) is 457 Å². The Labute approximate surface area is 521 Å². The highest BCUT2D eigenvalue weighted by molar-refractivity contribution is 5.76. The van der Waals surface area contributed by atoms with Crippen molar-refractivity contribution in [2.45, 2.75) is 469 Å². The lowest BCUT2D eigenvalue weighted by Gasteiger charge is -2.22. The first kappa shape index (κ1) is 81.9. The van der Waals surface area contributed by atoms with Gasteiger partial charge in [0.25, 0.3) is 0 Å². The number of carbonyl (C=O) groups excluding carboxylic acids is 2.